The molecule has 2 rings (SSSR count). The summed E-state index contributed by atoms with van der Waals surface area (Å²) in [5.74, 6) is 0.308. The summed E-state index contributed by atoms with van der Waals surface area (Å²) < 4.78 is 0. The van der Waals surface area contributed by atoms with Gasteiger partial charge in [-0.1, -0.05) is 26.0 Å². The molecule has 5 nitrogen and oxygen atoms in total. The predicted molar refractivity (Wildman–Crippen MR) is 91.3 cm³/mol. The van der Waals surface area contributed by atoms with Gasteiger partial charge in [-0.05, 0) is 36.6 Å². The van der Waals surface area contributed by atoms with Crippen LogP contribution in [0.4, 0.5) is 11.4 Å². The molecule has 0 atom stereocenters. The summed E-state index contributed by atoms with van der Waals surface area (Å²) in [5.41, 5.74) is 2.11. The Bertz CT molecular complexity index is 702. The third-order valence-corrected chi connectivity index (χ3v) is 3.34. The molecule has 1 heterocycles. The van der Waals surface area contributed by atoms with Gasteiger partial charge < -0.3 is 10.6 Å². The summed E-state index contributed by atoms with van der Waals surface area (Å²) in [4.78, 5) is 16.4. The van der Waals surface area contributed by atoms with Crippen molar-refractivity contribution in [3.05, 3.63) is 53.9 Å². The molecule has 2 N–H and O–H groups in total. The zero-order valence-electron chi connectivity index (χ0n) is 13.3. The molecule has 0 saturated heterocycles. The lowest BCUT2D eigenvalue weighted by Crippen LogP contribution is -2.14. The van der Waals surface area contributed by atoms with E-state index in [2.05, 4.69) is 29.5 Å². The molecular weight excluding hydrogens is 288 g/mol. The van der Waals surface area contributed by atoms with E-state index in [1.165, 1.54) is 0 Å². The molecule has 23 heavy (non-hydrogen) atoms. The second kappa shape index (κ2) is 7.95. The first-order valence-corrected chi connectivity index (χ1v) is 7.60. The van der Waals surface area contributed by atoms with Crippen LogP contribution in [-0.4, -0.2) is 17.4 Å². The minimum atomic E-state index is -0.332. The molecule has 0 radical (unpaired) electrons. The number of aromatic nitrogens is 1. The molecular formula is C18H20N4O. The predicted octanol–water partition coefficient (Wildman–Crippen LogP) is 3.66. The SMILES string of the molecule is CC(C)CCNc1ccc(C(=O)Nc2ccccc2C#N)nc1. The third-order valence-electron chi connectivity index (χ3n) is 3.34. The maximum absolute atomic E-state index is 12.2. The first-order valence-electron chi connectivity index (χ1n) is 7.60. The Balaban J connectivity index is 1.99. The van der Waals surface area contributed by atoms with Gasteiger partial charge in [0.1, 0.15) is 11.8 Å². The molecule has 0 saturated carbocycles. The summed E-state index contributed by atoms with van der Waals surface area (Å²) in [5, 5.41) is 15.0. The number of pyridine rings is 1. The monoisotopic (exact) mass is 308 g/mol. The number of nitriles is 1. The first-order chi connectivity index (χ1) is 11.1. The van der Waals surface area contributed by atoms with Gasteiger partial charge in [-0.2, -0.15) is 5.26 Å². The van der Waals surface area contributed by atoms with Crippen LogP contribution in [0, 0.1) is 17.2 Å². The molecule has 0 spiro atoms. The fourth-order valence-electron chi connectivity index (χ4n) is 2.01. The molecule has 0 bridgehead atoms. The van der Waals surface area contributed by atoms with E-state index in [0.29, 0.717) is 22.9 Å². The van der Waals surface area contributed by atoms with Crippen molar-refractivity contribution in [2.75, 3.05) is 17.2 Å². The Morgan fingerprint density at radius 2 is 2.04 bits per heavy atom. The number of benzene rings is 1. The topological polar surface area (TPSA) is 77.8 Å². The van der Waals surface area contributed by atoms with E-state index in [0.717, 1.165) is 18.7 Å². The highest BCUT2D eigenvalue weighted by Gasteiger charge is 2.10. The number of rotatable bonds is 6. The minimum Gasteiger partial charge on any atom is -0.384 e. The first kappa shape index (κ1) is 16.5. The molecule has 1 aromatic carbocycles. The van der Waals surface area contributed by atoms with Crippen molar-refractivity contribution in [1.82, 2.24) is 4.98 Å². The van der Waals surface area contributed by atoms with Crippen LogP contribution in [0.3, 0.4) is 0 Å². The molecule has 0 aliphatic heterocycles. The van der Waals surface area contributed by atoms with Gasteiger partial charge in [0.25, 0.3) is 5.91 Å². The highest BCUT2D eigenvalue weighted by molar-refractivity contribution is 6.03. The number of hydrogen-bond donors (Lipinski definition) is 2. The van der Waals surface area contributed by atoms with E-state index in [1.54, 1.807) is 36.5 Å². The number of hydrogen-bond acceptors (Lipinski definition) is 4. The van der Waals surface area contributed by atoms with Gasteiger partial charge in [-0.3, -0.25) is 4.79 Å². The molecule has 1 aromatic heterocycles. The molecule has 0 unspecified atom stereocenters. The van der Waals surface area contributed by atoms with Crippen molar-refractivity contribution in [3.8, 4) is 6.07 Å². The summed E-state index contributed by atoms with van der Waals surface area (Å²) in [6, 6.07) is 12.4. The Morgan fingerprint density at radius 1 is 1.26 bits per heavy atom. The van der Waals surface area contributed by atoms with Crippen LogP contribution in [0.2, 0.25) is 0 Å². The number of carbonyl (C=O) groups is 1. The Morgan fingerprint density at radius 3 is 2.70 bits per heavy atom. The van der Waals surface area contributed by atoms with Crippen molar-refractivity contribution in [3.63, 3.8) is 0 Å². The lowest BCUT2D eigenvalue weighted by molar-refractivity contribution is 0.102. The number of nitrogens with zero attached hydrogens (tertiary/aromatic N) is 2. The highest BCUT2D eigenvalue weighted by atomic mass is 16.1. The van der Waals surface area contributed by atoms with Crippen LogP contribution in [0.1, 0.15) is 36.3 Å². The van der Waals surface area contributed by atoms with Gasteiger partial charge in [-0.25, -0.2) is 4.98 Å². The van der Waals surface area contributed by atoms with Gasteiger partial charge in [0.15, 0.2) is 0 Å². The normalized spacial score (nSPS) is 10.2. The largest absolute Gasteiger partial charge is 0.384 e. The van der Waals surface area contributed by atoms with E-state index >= 15 is 0 Å². The Hall–Kier alpha value is -2.87. The summed E-state index contributed by atoms with van der Waals surface area (Å²) in [7, 11) is 0. The fourth-order valence-corrected chi connectivity index (χ4v) is 2.01. The molecule has 0 aliphatic rings. The lowest BCUT2D eigenvalue weighted by Gasteiger charge is -2.09. The van der Waals surface area contributed by atoms with E-state index in [4.69, 9.17) is 5.26 Å². The van der Waals surface area contributed by atoms with Crippen molar-refractivity contribution in [2.45, 2.75) is 20.3 Å². The van der Waals surface area contributed by atoms with Crippen LogP contribution in [0.25, 0.3) is 0 Å². The van der Waals surface area contributed by atoms with E-state index < -0.39 is 0 Å². The average Bonchev–Trinajstić information content (AvgIpc) is 2.55. The summed E-state index contributed by atoms with van der Waals surface area (Å²) >= 11 is 0. The molecule has 2 aromatic rings. The average molecular weight is 308 g/mol. The minimum absolute atomic E-state index is 0.312. The van der Waals surface area contributed by atoms with Crippen LogP contribution in [0.15, 0.2) is 42.6 Å². The van der Waals surface area contributed by atoms with Crippen molar-refractivity contribution in [1.29, 1.82) is 5.26 Å². The maximum Gasteiger partial charge on any atom is 0.274 e. The zero-order chi connectivity index (χ0) is 16.7. The number of para-hydroxylation sites is 1. The maximum atomic E-state index is 12.2. The highest BCUT2D eigenvalue weighted by Crippen LogP contribution is 2.15. The molecule has 0 aliphatic carbocycles. The smallest absolute Gasteiger partial charge is 0.274 e. The van der Waals surface area contributed by atoms with Crippen molar-refractivity contribution >= 4 is 17.3 Å². The Kier molecular flexibility index (Phi) is 5.70. The van der Waals surface area contributed by atoms with Gasteiger partial charge >= 0.3 is 0 Å². The second-order valence-electron chi connectivity index (χ2n) is 5.65. The lowest BCUT2D eigenvalue weighted by atomic mass is 10.1. The number of amides is 1. The van der Waals surface area contributed by atoms with E-state index in [9.17, 15) is 4.79 Å². The molecule has 5 heteroatoms. The molecule has 0 fully saturated rings. The van der Waals surface area contributed by atoms with Gasteiger partial charge in [0.05, 0.1) is 23.1 Å². The summed E-state index contributed by atoms with van der Waals surface area (Å²) in [6.07, 6.45) is 2.72. The van der Waals surface area contributed by atoms with Crippen LogP contribution >= 0.6 is 0 Å². The van der Waals surface area contributed by atoms with Gasteiger partial charge in [0, 0.05) is 6.54 Å². The van der Waals surface area contributed by atoms with Crippen molar-refractivity contribution in [2.24, 2.45) is 5.92 Å². The zero-order valence-corrected chi connectivity index (χ0v) is 13.3. The molecule has 118 valence electrons. The van der Waals surface area contributed by atoms with Gasteiger partial charge in [-0.15, -0.1) is 0 Å². The standard InChI is InChI=1S/C18H20N4O/c1-13(2)9-10-20-15-7-8-17(21-12-15)18(23)22-16-6-4-3-5-14(16)11-19/h3-8,12-13,20H,9-10H2,1-2H3,(H,22,23). The Labute approximate surface area is 136 Å². The quantitative estimate of drug-likeness (QED) is 0.853. The van der Waals surface area contributed by atoms with Crippen LogP contribution in [-0.2, 0) is 0 Å². The van der Waals surface area contributed by atoms with E-state index in [-0.39, 0.29) is 5.91 Å². The number of nitrogens with one attached hydrogen (secondary N) is 2. The van der Waals surface area contributed by atoms with E-state index in [1.807, 2.05) is 12.1 Å². The third kappa shape index (κ3) is 4.82. The summed E-state index contributed by atoms with van der Waals surface area (Å²) in [6.45, 7) is 5.22. The molecule has 1 amide bonds. The second-order valence-corrected chi connectivity index (χ2v) is 5.65. The number of anilines is 2. The number of carbonyl (C=O) groups excluding carboxylic acids is 1. The van der Waals surface area contributed by atoms with Crippen LogP contribution < -0.4 is 10.6 Å². The van der Waals surface area contributed by atoms with Crippen molar-refractivity contribution < 1.29 is 4.79 Å². The van der Waals surface area contributed by atoms with Gasteiger partial charge in [0.2, 0.25) is 0 Å². The van der Waals surface area contributed by atoms with Crippen LogP contribution in [0.5, 0.6) is 0 Å². The fraction of sp³-hybridized carbons (Fsp3) is 0.278.